The summed E-state index contributed by atoms with van der Waals surface area (Å²) in [5.74, 6) is -0.0851. The minimum absolute atomic E-state index is 0.0851. The largest absolute Gasteiger partial charge is 0.320 e. The number of hydrogen-bond acceptors (Lipinski definition) is 2. The van der Waals surface area contributed by atoms with E-state index in [1.165, 1.54) is 11.8 Å². The Balaban J connectivity index is 1.75. The van der Waals surface area contributed by atoms with E-state index in [-0.39, 0.29) is 5.91 Å². The molecule has 0 radical (unpaired) electrons. The number of hydrogen-bond donors (Lipinski definition) is 1. The Hall–Kier alpha value is -2.14. The van der Waals surface area contributed by atoms with Crippen molar-refractivity contribution in [1.82, 2.24) is 4.57 Å². The first-order valence-corrected chi connectivity index (χ1v) is 9.95. The van der Waals surface area contributed by atoms with E-state index < -0.39 is 0 Å². The van der Waals surface area contributed by atoms with Crippen LogP contribution in [0.15, 0.2) is 58.3 Å². The number of thioether (sulfide) groups is 1. The number of halogens is 2. The van der Waals surface area contributed by atoms with Crippen molar-refractivity contribution in [2.75, 3.05) is 5.32 Å². The fraction of sp³-hybridized carbons (Fsp3) is 0.0952. The molecule has 27 heavy (non-hydrogen) atoms. The molecule has 0 saturated carbocycles. The highest BCUT2D eigenvalue weighted by Gasteiger charge is 2.21. The fourth-order valence-electron chi connectivity index (χ4n) is 3.20. The Bertz CT molecular complexity index is 1100. The summed E-state index contributed by atoms with van der Waals surface area (Å²) in [6.45, 7) is 4.06. The van der Waals surface area contributed by atoms with Gasteiger partial charge >= 0.3 is 0 Å². The summed E-state index contributed by atoms with van der Waals surface area (Å²) in [7, 11) is 0. The highest BCUT2D eigenvalue weighted by Crippen LogP contribution is 2.39. The molecule has 0 aliphatic carbocycles. The molecule has 4 rings (SSSR count). The molecule has 2 heterocycles. The zero-order chi connectivity index (χ0) is 19.1. The van der Waals surface area contributed by atoms with E-state index in [2.05, 4.69) is 16.0 Å². The fourth-order valence-corrected chi connectivity index (χ4v) is 4.43. The van der Waals surface area contributed by atoms with Crippen LogP contribution in [0.3, 0.4) is 0 Å². The normalized spacial score (nSPS) is 15.0. The number of rotatable bonds is 2. The van der Waals surface area contributed by atoms with Gasteiger partial charge in [-0.05, 0) is 61.9 Å². The lowest BCUT2D eigenvalue weighted by molar-refractivity contribution is -0.112. The molecule has 136 valence electrons. The van der Waals surface area contributed by atoms with Crippen molar-refractivity contribution in [3.63, 3.8) is 0 Å². The number of para-hydroxylation sites is 1. The molecule has 0 spiro atoms. The zero-order valence-electron chi connectivity index (χ0n) is 14.7. The van der Waals surface area contributed by atoms with Crippen LogP contribution < -0.4 is 5.32 Å². The number of carbonyl (C=O) groups is 1. The van der Waals surface area contributed by atoms with Gasteiger partial charge in [0.05, 0.1) is 20.6 Å². The second-order valence-electron chi connectivity index (χ2n) is 6.32. The summed E-state index contributed by atoms with van der Waals surface area (Å²) >= 11 is 13.7. The minimum atomic E-state index is -0.0851. The molecule has 3 nitrogen and oxygen atoms in total. The Morgan fingerprint density at radius 2 is 1.81 bits per heavy atom. The lowest BCUT2D eigenvalue weighted by atomic mass is 10.2. The average molecular weight is 415 g/mol. The van der Waals surface area contributed by atoms with E-state index in [0.717, 1.165) is 33.2 Å². The summed E-state index contributed by atoms with van der Waals surface area (Å²) in [6.07, 6.45) is 1.94. The molecule has 0 bridgehead atoms. The van der Waals surface area contributed by atoms with Gasteiger partial charge in [-0.15, -0.1) is 0 Å². The second kappa shape index (κ2) is 7.12. The quantitative estimate of drug-likeness (QED) is 0.486. The summed E-state index contributed by atoms with van der Waals surface area (Å²) in [5.41, 5.74) is 4.88. The predicted molar refractivity (Wildman–Crippen MR) is 114 cm³/mol. The standard InChI is InChI=1S/C21H16Cl2N2OS/c1-12-9-14(13(2)25(12)15-7-8-16(22)17(23)11-15)10-20-21(26)24-18-5-3-4-6-19(18)27-20/h3-11H,1-2H3,(H,24,26)/b20-10-. The van der Waals surface area contributed by atoms with Crippen molar-refractivity contribution in [2.24, 2.45) is 0 Å². The molecule has 1 aliphatic heterocycles. The number of carbonyl (C=O) groups excluding carboxylic acids is 1. The maximum absolute atomic E-state index is 12.5. The SMILES string of the molecule is Cc1cc(/C=C2\Sc3ccccc3NC2=O)c(C)n1-c1ccc(Cl)c(Cl)c1. The van der Waals surface area contributed by atoms with Crippen molar-refractivity contribution >= 4 is 52.6 Å². The number of nitrogens with one attached hydrogen (secondary N) is 1. The second-order valence-corrected chi connectivity index (χ2v) is 8.22. The first-order valence-electron chi connectivity index (χ1n) is 8.38. The zero-order valence-corrected chi connectivity index (χ0v) is 17.0. The molecule has 6 heteroatoms. The van der Waals surface area contributed by atoms with Crippen molar-refractivity contribution in [3.05, 3.63) is 80.4 Å². The number of anilines is 1. The van der Waals surface area contributed by atoms with E-state index in [9.17, 15) is 4.79 Å². The van der Waals surface area contributed by atoms with Gasteiger partial charge in [0.15, 0.2) is 0 Å². The van der Waals surface area contributed by atoms with Gasteiger partial charge in [0.25, 0.3) is 5.91 Å². The summed E-state index contributed by atoms with van der Waals surface area (Å²) in [4.78, 5) is 14.2. The topological polar surface area (TPSA) is 34.0 Å². The van der Waals surface area contributed by atoms with Crippen molar-refractivity contribution < 1.29 is 4.79 Å². The highest BCUT2D eigenvalue weighted by atomic mass is 35.5. The summed E-state index contributed by atoms with van der Waals surface area (Å²) in [5, 5.41) is 3.99. The highest BCUT2D eigenvalue weighted by molar-refractivity contribution is 8.04. The van der Waals surface area contributed by atoms with Crippen molar-refractivity contribution in [1.29, 1.82) is 0 Å². The monoisotopic (exact) mass is 414 g/mol. The Morgan fingerprint density at radius 1 is 1.04 bits per heavy atom. The van der Waals surface area contributed by atoms with Crippen LogP contribution in [0.4, 0.5) is 5.69 Å². The molecular weight excluding hydrogens is 399 g/mol. The van der Waals surface area contributed by atoms with Crippen LogP contribution >= 0.6 is 35.0 Å². The lowest BCUT2D eigenvalue weighted by Gasteiger charge is -2.18. The van der Waals surface area contributed by atoms with E-state index in [1.54, 1.807) is 6.07 Å². The van der Waals surface area contributed by atoms with Crippen LogP contribution in [0.1, 0.15) is 17.0 Å². The molecule has 1 aromatic heterocycles. The van der Waals surface area contributed by atoms with Gasteiger partial charge in [0.2, 0.25) is 0 Å². The third kappa shape index (κ3) is 3.41. The van der Waals surface area contributed by atoms with Crippen LogP contribution in [0.5, 0.6) is 0 Å². The maximum Gasteiger partial charge on any atom is 0.262 e. The molecular formula is C21H16Cl2N2OS. The third-order valence-corrected chi connectivity index (χ3v) is 6.34. The van der Waals surface area contributed by atoms with Gasteiger partial charge < -0.3 is 9.88 Å². The van der Waals surface area contributed by atoms with Crippen LogP contribution in [0.2, 0.25) is 10.0 Å². The summed E-state index contributed by atoms with van der Waals surface area (Å²) in [6, 6.07) is 15.4. The third-order valence-electron chi connectivity index (χ3n) is 4.50. The van der Waals surface area contributed by atoms with Gasteiger partial charge in [-0.25, -0.2) is 0 Å². The van der Waals surface area contributed by atoms with E-state index in [4.69, 9.17) is 23.2 Å². The van der Waals surface area contributed by atoms with Crippen LogP contribution in [-0.2, 0) is 4.79 Å². The first-order chi connectivity index (χ1) is 12.9. The van der Waals surface area contributed by atoms with E-state index >= 15 is 0 Å². The van der Waals surface area contributed by atoms with Gasteiger partial charge in [-0.3, -0.25) is 4.79 Å². The Kier molecular flexibility index (Phi) is 4.81. The summed E-state index contributed by atoms with van der Waals surface area (Å²) < 4.78 is 2.11. The minimum Gasteiger partial charge on any atom is -0.320 e. The maximum atomic E-state index is 12.5. The van der Waals surface area contributed by atoms with Crippen LogP contribution in [0.25, 0.3) is 11.8 Å². The molecule has 0 atom stereocenters. The van der Waals surface area contributed by atoms with Crippen molar-refractivity contribution in [2.45, 2.75) is 18.7 Å². The lowest BCUT2D eigenvalue weighted by Crippen LogP contribution is -2.17. The Morgan fingerprint density at radius 3 is 2.59 bits per heavy atom. The molecule has 1 amide bonds. The number of amides is 1. The predicted octanol–water partition coefficient (Wildman–Crippen LogP) is 6.49. The van der Waals surface area contributed by atoms with Crippen LogP contribution in [-0.4, -0.2) is 10.5 Å². The number of benzene rings is 2. The van der Waals surface area contributed by atoms with Gasteiger partial charge in [-0.2, -0.15) is 0 Å². The number of nitrogens with zero attached hydrogens (tertiary/aromatic N) is 1. The molecule has 1 aliphatic rings. The molecule has 0 saturated heterocycles. The number of fused-ring (bicyclic) bond motifs is 1. The molecule has 1 N–H and O–H groups in total. The molecule has 0 unspecified atom stereocenters. The first kappa shape index (κ1) is 18.2. The molecule has 3 aromatic rings. The average Bonchev–Trinajstić information content (AvgIpc) is 2.92. The van der Waals surface area contributed by atoms with Gasteiger partial charge in [0.1, 0.15) is 0 Å². The van der Waals surface area contributed by atoms with E-state index in [1.807, 2.05) is 56.3 Å². The van der Waals surface area contributed by atoms with Crippen LogP contribution in [0, 0.1) is 13.8 Å². The number of aromatic nitrogens is 1. The Labute approximate surface area is 172 Å². The van der Waals surface area contributed by atoms with E-state index in [0.29, 0.717) is 15.0 Å². The van der Waals surface area contributed by atoms with Crippen molar-refractivity contribution in [3.8, 4) is 5.69 Å². The smallest absolute Gasteiger partial charge is 0.262 e. The number of aryl methyl sites for hydroxylation is 1. The molecule has 2 aromatic carbocycles. The van der Waals surface area contributed by atoms with Gasteiger partial charge in [0, 0.05) is 22.0 Å². The molecule has 0 fully saturated rings. The van der Waals surface area contributed by atoms with Gasteiger partial charge in [-0.1, -0.05) is 47.1 Å².